The Bertz CT molecular complexity index is 1780. The van der Waals surface area contributed by atoms with Crippen LogP contribution < -0.4 is 0 Å². The van der Waals surface area contributed by atoms with Crippen molar-refractivity contribution < 1.29 is 19.4 Å². The Balaban J connectivity index is 0.000000251. The molecule has 43 heavy (non-hydrogen) atoms. The molecule has 0 bridgehead atoms. The topological polar surface area (TPSA) is 175 Å². The van der Waals surface area contributed by atoms with Gasteiger partial charge in [-0.05, 0) is 39.6 Å². The second-order valence-electron chi connectivity index (χ2n) is 8.73. The monoisotopic (exact) mass is 654 g/mol. The quantitative estimate of drug-likeness (QED) is 0.102. The summed E-state index contributed by atoms with van der Waals surface area (Å²) >= 11 is 3.06. The van der Waals surface area contributed by atoms with E-state index >= 15 is 0 Å². The Kier molecular flexibility index (Phi) is 11.4. The Hall–Kier alpha value is -5.42. The van der Waals surface area contributed by atoms with Crippen molar-refractivity contribution in [2.24, 2.45) is 14.1 Å². The molecule has 0 aromatic carbocycles. The number of imidazole rings is 2. The van der Waals surface area contributed by atoms with Crippen molar-refractivity contribution in [3.05, 3.63) is 89.9 Å². The third-order valence-electron chi connectivity index (χ3n) is 5.88. The standard InChI is InChI=1S/C13H13N5O3.C8H9BrN2O3.C5H5N3/c1-5-17-10(8(2)19)6-9(13(17)18(20)21)11-12(14-3)15-7-16(11)4;1-3-10-7(5(2)12)4-6(9)8(10)11(13)14;1-6-5-3-8(2)4-7-5/h6-7H,5H2,1-2,4H3;4H,3H2,1-2H3;3-4H,2H3. The number of rotatable bonds is 7. The molecule has 4 heterocycles. The summed E-state index contributed by atoms with van der Waals surface area (Å²) in [6.45, 7) is 20.5. The van der Waals surface area contributed by atoms with Crippen molar-refractivity contribution >= 4 is 50.8 Å². The summed E-state index contributed by atoms with van der Waals surface area (Å²) < 4.78 is 6.35. The summed E-state index contributed by atoms with van der Waals surface area (Å²) in [7, 11) is 3.49. The lowest BCUT2D eigenvalue weighted by atomic mass is 10.2. The second-order valence-corrected chi connectivity index (χ2v) is 9.59. The van der Waals surface area contributed by atoms with Gasteiger partial charge in [0.2, 0.25) is 0 Å². The van der Waals surface area contributed by atoms with E-state index in [2.05, 4.69) is 35.6 Å². The molecule has 0 unspecified atom stereocenters. The highest BCUT2D eigenvalue weighted by Crippen LogP contribution is 2.38. The molecule has 17 heteroatoms. The van der Waals surface area contributed by atoms with Gasteiger partial charge in [0.25, 0.3) is 11.6 Å². The molecule has 0 spiro atoms. The summed E-state index contributed by atoms with van der Waals surface area (Å²) in [4.78, 5) is 57.9. The summed E-state index contributed by atoms with van der Waals surface area (Å²) in [5.74, 6) is -0.191. The van der Waals surface area contributed by atoms with E-state index in [-0.39, 0.29) is 46.8 Å². The molecule has 0 radical (unpaired) electrons. The lowest BCUT2D eigenvalue weighted by molar-refractivity contribution is -0.392. The summed E-state index contributed by atoms with van der Waals surface area (Å²) in [6, 6.07) is 2.93. The number of ketones is 2. The molecule has 0 saturated heterocycles. The van der Waals surface area contributed by atoms with Crippen LogP contribution in [-0.2, 0) is 27.2 Å². The first kappa shape index (κ1) is 33.8. The van der Waals surface area contributed by atoms with Gasteiger partial charge in [0, 0.05) is 46.3 Å². The average Bonchev–Trinajstić information content (AvgIpc) is 3.71. The van der Waals surface area contributed by atoms with Gasteiger partial charge >= 0.3 is 11.6 Å². The number of Topliss-reactive ketones (excluding diaryl/α,β-unsaturated/α-hetero) is 2. The molecule has 4 rings (SSSR count). The fourth-order valence-electron chi connectivity index (χ4n) is 4.09. The predicted molar refractivity (Wildman–Crippen MR) is 159 cm³/mol. The zero-order valence-corrected chi connectivity index (χ0v) is 25.7. The van der Waals surface area contributed by atoms with E-state index in [1.54, 1.807) is 42.6 Å². The van der Waals surface area contributed by atoms with Crippen molar-refractivity contribution in [2.75, 3.05) is 0 Å². The van der Waals surface area contributed by atoms with Gasteiger partial charge in [-0.1, -0.05) is 13.1 Å². The molecule has 0 aliphatic carbocycles. The number of halogens is 1. The van der Waals surface area contributed by atoms with E-state index in [1.807, 2.05) is 7.05 Å². The number of nitrogens with zero attached hydrogens (tertiary/aromatic N) is 10. The summed E-state index contributed by atoms with van der Waals surface area (Å²) in [5.41, 5.74) is 1.17. The molecule has 0 amide bonds. The maximum atomic E-state index is 11.7. The second kappa shape index (κ2) is 14.5. The van der Waals surface area contributed by atoms with E-state index in [0.29, 0.717) is 28.2 Å². The van der Waals surface area contributed by atoms with Gasteiger partial charge in [-0.25, -0.2) is 9.13 Å². The number of nitro groups is 2. The Morgan fingerprint density at radius 3 is 1.84 bits per heavy atom. The molecular weight excluding hydrogens is 628 g/mol. The lowest BCUT2D eigenvalue weighted by Gasteiger charge is -2.04. The summed E-state index contributed by atoms with van der Waals surface area (Å²) in [6.07, 6.45) is 4.70. The third kappa shape index (κ3) is 7.46. The molecule has 0 N–H and O–H groups in total. The molecule has 16 nitrogen and oxygen atoms in total. The largest absolute Gasteiger partial charge is 0.359 e. The van der Waals surface area contributed by atoms with E-state index in [4.69, 9.17) is 13.1 Å². The number of hydrogen-bond donors (Lipinski definition) is 0. The van der Waals surface area contributed by atoms with Crippen molar-refractivity contribution in [2.45, 2.75) is 40.8 Å². The van der Waals surface area contributed by atoms with Crippen LogP contribution >= 0.6 is 15.9 Å². The minimum Gasteiger partial charge on any atom is -0.359 e. The molecule has 224 valence electrons. The fourth-order valence-corrected chi connectivity index (χ4v) is 4.67. The number of carbonyl (C=O) groups excluding carboxylic acids is 2. The molecule has 0 aliphatic rings. The van der Waals surface area contributed by atoms with Gasteiger partial charge in [0.05, 0.1) is 24.3 Å². The predicted octanol–water partition coefficient (Wildman–Crippen LogP) is 5.92. The number of carbonyl (C=O) groups is 2. The minimum absolute atomic E-state index is 0.0716. The summed E-state index contributed by atoms with van der Waals surface area (Å²) in [5, 5.41) is 22.1. The minimum atomic E-state index is -0.536. The SMILES string of the molecule is CCn1c(C(C)=O)cc(Br)c1[N+](=O)[O-].[C-]#[N+]c1cn(C)cn1.[C-]#[N+]c1ncn(C)c1-c1cc(C(C)=O)n(CC)c1[N+](=O)[O-]. The van der Waals surface area contributed by atoms with Crippen molar-refractivity contribution in [1.82, 2.24) is 28.2 Å². The van der Waals surface area contributed by atoms with Crippen molar-refractivity contribution in [3.63, 3.8) is 0 Å². The van der Waals surface area contributed by atoms with Gasteiger partial charge in [0.15, 0.2) is 35.6 Å². The maximum Gasteiger partial charge on any atom is 0.337 e. The molecule has 0 atom stereocenters. The highest BCUT2D eigenvalue weighted by atomic mass is 79.9. The van der Waals surface area contributed by atoms with Crippen LogP contribution in [0.25, 0.3) is 20.9 Å². The molecule has 0 fully saturated rings. The van der Waals surface area contributed by atoms with Crippen molar-refractivity contribution in [1.29, 1.82) is 0 Å². The van der Waals surface area contributed by atoms with Crippen LogP contribution in [-0.4, -0.2) is 49.6 Å². The average molecular weight is 655 g/mol. The fraction of sp³-hybridized carbons (Fsp3) is 0.308. The number of aryl methyl sites for hydroxylation is 2. The van der Waals surface area contributed by atoms with Crippen LogP contribution in [0.1, 0.15) is 48.7 Å². The first-order chi connectivity index (χ1) is 20.2. The molecule has 4 aromatic rings. The highest BCUT2D eigenvalue weighted by Gasteiger charge is 2.30. The first-order valence-electron chi connectivity index (χ1n) is 12.4. The normalized spacial score (nSPS) is 9.98. The van der Waals surface area contributed by atoms with Crippen molar-refractivity contribution in [3.8, 4) is 11.3 Å². The Morgan fingerprint density at radius 1 is 0.907 bits per heavy atom. The zero-order valence-electron chi connectivity index (χ0n) is 24.1. The van der Waals surface area contributed by atoms with E-state index in [9.17, 15) is 29.8 Å². The smallest absolute Gasteiger partial charge is 0.337 e. The first-order valence-corrected chi connectivity index (χ1v) is 13.2. The van der Waals surface area contributed by atoms with Crippen LogP contribution in [0.3, 0.4) is 0 Å². The van der Waals surface area contributed by atoms with Crippen LogP contribution in [0.5, 0.6) is 0 Å². The maximum absolute atomic E-state index is 11.7. The van der Waals surface area contributed by atoms with Gasteiger partial charge in [-0.15, -0.1) is 9.97 Å². The molecule has 0 saturated carbocycles. The van der Waals surface area contributed by atoms with Crippen LogP contribution in [0.2, 0.25) is 0 Å². The van der Waals surface area contributed by atoms with E-state index < -0.39 is 9.85 Å². The molecule has 0 aliphatic heterocycles. The van der Waals surface area contributed by atoms with E-state index in [1.165, 1.54) is 41.4 Å². The molecule has 4 aromatic heterocycles. The lowest BCUT2D eigenvalue weighted by Crippen LogP contribution is -2.08. The van der Waals surface area contributed by atoms with E-state index in [0.717, 1.165) is 0 Å². The van der Waals surface area contributed by atoms with Gasteiger partial charge in [-0.2, -0.15) is 0 Å². The number of aromatic nitrogens is 6. The Morgan fingerprint density at radius 2 is 1.44 bits per heavy atom. The van der Waals surface area contributed by atoms with Gasteiger partial charge in [-0.3, -0.25) is 9.59 Å². The van der Waals surface area contributed by atoms with Crippen LogP contribution in [0.4, 0.5) is 23.3 Å². The van der Waals surface area contributed by atoms with Crippen LogP contribution in [0.15, 0.2) is 35.5 Å². The molecular formula is C26H27BrN10O6. The third-order valence-corrected chi connectivity index (χ3v) is 6.46. The van der Waals surface area contributed by atoms with Gasteiger partial charge in [0.1, 0.15) is 4.47 Å². The van der Waals surface area contributed by atoms with Crippen LogP contribution in [0, 0.1) is 33.4 Å². The highest BCUT2D eigenvalue weighted by molar-refractivity contribution is 9.10. The zero-order chi connectivity index (χ0) is 32.6. The number of hydrogen-bond acceptors (Lipinski definition) is 8. The Labute approximate surface area is 254 Å². The van der Waals surface area contributed by atoms with Gasteiger partial charge < -0.3 is 39.1 Å².